The molecule has 1 aromatic rings. The van der Waals surface area contributed by atoms with Crippen LogP contribution in [0.3, 0.4) is 0 Å². The van der Waals surface area contributed by atoms with E-state index in [0.717, 1.165) is 5.56 Å². The quantitative estimate of drug-likeness (QED) is 0.628. The van der Waals surface area contributed by atoms with Crippen molar-refractivity contribution in [3.05, 3.63) is 35.4 Å². The van der Waals surface area contributed by atoms with E-state index < -0.39 is 0 Å². The topological polar surface area (TPSA) is 74.2 Å². The molecular formula is C14H18N4. The van der Waals surface area contributed by atoms with Gasteiger partial charge in [0.1, 0.15) is 0 Å². The Balaban J connectivity index is 1.86. The molecule has 0 aromatic heterocycles. The van der Waals surface area contributed by atoms with Crippen LogP contribution < -0.4 is 11.1 Å². The first-order chi connectivity index (χ1) is 8.78. The highest BCUT2D eigenvalue weighted by atomic mass is 15.1. The van der Waals surface area contributed by atoms with Crippen LogP contribution in [0.2, 0.25) is 0 Å². The van der Waals surface area contributed by atoms with Crippen molar-refractivity contribution in [2.24, 2.45) is 10.7 Å². The summed E-state index contributed by atoms with van der Waals surface area (Å²) in [6.07, 6.45) is 4.93. The van der Waals surface area contributed by atoms with E-state index in [0.29, 0.717) is 24.1 Å². The summed E-state index contributed by atoms with van der Waals surface area (Å²) in [5, 5.41) is 11.9. The molecule has 0 heterocycles. The highest BCUT2D eigenvalue weighted by Gasteiger charge is 2.14. The van der Waals surface area contributed by atoms with Crippen molar-refractivity contribution in [2.45, 2.75) is 38.3 Å². The van der Waals surface area contributed by atoms with Crippen molar-refractivity contribution in [3.63, 3.8) is 0 Å². The van der Waals surface area contributed by atoms with Crippen LogP contribution in [-0.2, 0) is 6.54 Å². The van der Waals surface area contributed by atoms with Gasteiger partial charge >= 0.3 is 0 Å². The first-order valence-corrected chi connectivity index (χ1v) is 6.33. The van der Waals surface area contributed by atoms with E-state index >= 15 is 0 Å². The largest absolute Gasteiger partial charge is 0.370 e. The van der Waals surface area contributed by atoms with Crippen LogP contribution in [0.4, 0.5) is 0 Å². The lowest BCUT2D eigenvalue weighted by molar-refractivity contribution is 0.625. The summed E-state index contributed by atoms with van der Waals surface area (Å²) in [6.45, 7) is 0.553. The fraction of sp³-hybridized carbons (Fsp3) is 0.429. The second-order valence-corrected chi connectivity index (χ2v) is 4.64. The first kappa shape index (κ1) is 12.4. The van der Waals surface area contributed by atoms with Crippen molar-refractivity contribution < 1.29 is 0 Å². The van der Waals surface area contributed by atoms with E-state index in [1.54, 1.807) is 12.1 Å². The van der Waals surface area contributed by atoms with Crippen LogP contribution in [0.5, 0.6) is 0 Å². The zero-order valence-corrected chi connectivity index (χ0v) is 10.4. The molecule has 3 N–H and O–H groups in total. The molecule has 0 bridgehead atoms. The van der Waals surface area contributed by atoms with E-state index in [1.165, 1.54) is 25.7 Å². The Bertz CT molecular complexity index is 450. The highest BCUT2D eigenvalue weighted by molar-refractivity contribution is 5.78. The van der Waals surface area contributed by atoms with Gasteiger partial charge in [-0.3, -0.25) is 0 Å². The van der Waals surface area contributed by atoms with Crippen LogP contribution in [-0.4, -0.2) is 12.0 Å². The molecule has 1 aliphatic rings. The van der Waals surface area contributed by atoms with Gasteiger partial charge in [0, 0.05) is 6.04 Å². The molecule has 0 atom stereocenters. The minimum Gasteiger partial charge on any atom is -0.370 e. The van der Waals surface area contributed by atoms with Crippen LogP contribution >= 0.6 is 0 Å². The number of hydrogen-bond donors (Lipinski definition) is 2. The first-order valence-electron chi connectivity index (χ1n) is 6.33. The fourth-order valence-corrected chi connectivity index (χ4v) is 2.19. The molecule has 0 saturated heterocycles. The average Bonchev–Trinajstić information content (AvgIpc) is 2.90. The second-order valence-electron chi connectivity index (χ2n) is 4.64. The summed E-state index contributed by atoms with van der Waals surface area (Å²) in [5.74, 6) is 0.520. The lowest BCUT2D eigenvalue weighted by Gasteiger charge is -2.12. The lowest BCUT2D eigenvalue weighted by atomic mass is 10.1. The maximum atomic E-state index is 8.70. The standard InChI is InChI=1S/C14H18N4/c15-9-11-5-7-12(8-6-11)10-17-14(16)18-13-3-1-2-4-13/h5-8,13H,1-4,10H2,(H3,16,17,18). The number of hydrogen-bond acceptors (Lipinski definition) is 2. The Labute approximate surface area is 108 Å². The summed E-state index contributed by atoms with van der Waals surface area (Å²) < 4.78 is 0. The number of rotatable bonds is 3. The third kappa shape index (κ3) is 3.49. The zero-order valence-electron chi connectivity index (χ0n) is 10.4. The Kier molecular flexibility index (Phi) is 4.19. The molecule has 1 aromatic carbocycles. The van der Waals surface area contributed by atoms with E-state index in [2.05, 4.69) is 16.4 Å². The van der Waals surface area contributed by atoms with Crippen molar-refractivity contribution in [1.82, 2.24) is 5.32 Å². The van der Waals surface area contributed by atoms with E-state index in [-0.39, 0.29) is 0 Å². The van der Waals surface area contributed by atoms with Gasteiger partial charge in [0.25, 0.3) is 0 Å². The summed E-state index contributed by atoms with van der Waals surface area (Å²) in [4.78, 5) is 4.31. The summed E-state index contributed by atoms with van der Waals surface area (Å²) in [5.41, 5.74) is 7.57. The van der Waals surface area contributed by atoms with Gasteiger partial charge in [-0.05, 0) is 30.5 Å². The molecule has 0 aliphatic heterocycles. The van der Waals surface area contributed by atoms with Crippen LogP contribution in [0.1, 0.15) is 36.8 Å². The minimum atomic E-state index is 0.495. The Morgan fingerprint density at radius 1 is 1.33 bits per heavy atom. The SMILES string of the molecule is N#Cc1ccc(CN=C(N)NC2CCCC2)cc1. The van der Waals surface area contributed by atoms with Gasteiger partial charge in [-0.1, -0.05) is 25.0 Å². The molecule has 94 valence electrons. The zero-order chi connectivity index (χ0) is 12.8. The van der Waals surface area contributed by atoms with Gasteiger partial charge in [0.2, 0.25) is 0 Å². The van der Waals surface area contributed by atoms with Gasteiger partial charge in [0.05, 0.1) is 18.2 Å². The molecular weight excluding hydrogens is 224 g/mol. The number of nitrogens with one attached hydrogen (secondary N) is 1. The van der Waals surface area contributed by atoms with Crippen molar-refractivity contribution >= 4 is 5.96 Å². The molecule has 1 aliphatic carbocycles. The summed E-state index contributed by atoms with van der Waals surface area (Å²) >= 11 is 0. The molecule has 0 radical (unpaired) electrons. The Morgan fingerprint density at radius 3 is 2.61 bits per heavy atom. The smallest absolute Gasteiger partial charge is 0.189 e. The number of nitriles is 1. The molecule has 0 amide bonds. The summed E-state index contributed by atoms with van der Waals surface area (Å²) in [7, 11) is 0. The predicted molar refractivity (Wildman–Crippen MR) is 71.9 cm³/mol. The highest BCUT2D eigenvalue weighted by Crippen LogP contribution is 2.17. The van der Waals surface area contributed by atoms with E-state index in [1.807, 2.05) is 12.1 Å². The number of guanidine groups is 1. The van der Waals surface area contributed by atoms with Gasteiger partial charge in [-0.25, -0.2) is 4.99 Å². The Hall–Kier alpha value is -2.02. The minimum absolute atomic E-state index is 0.495. The fourth-order valence-electron chi connectivity index (χ4n) is 2.19. The second kappa shape index (κ2) is 6.06. The van der Waals surface area contributed by atoms with E-state index in [4.69, 9.17) is 11.0 Å². The van der Waals surface area contributed by atoms with Crippen LogP contribution in [0.15, 0.2) is 29.3 Å². The van der Waals surface area contributed by atoms with Crippen molar-refractivity contribution in [2.75, 3.05) is 0 Å². The molecule has 0 spiro atoms. The number of benzene rings is 1. The molecule has 4 heteroatoms. The van der Waals surface area contributed by atoms with Crippen molar-refractivity contribution in [1.29, 1.82) is 5.26 Å². The summed E-state index contributed by atoms with van der Waals surface area (Å²) in [6, 6.07) is 10.00. The molecule has 4 nitrogen and oxygen atoms in total. The van der Waals surface area contributed by atoms with Gasteiger partial charge < -0.3 is 11.1 Å². The molecule has 1 saturated carbocycles. The number of nitrogens with two attached hydrogens (primary N) is 1. The maximum absolute atomic E-state index is 8.70. The maximum Gasteiger partial charge on any atom is 0.189 e. The average molecular weight is 242 g/mol. The molecule has 18 heavy (non-hydrogen) atoms. The third-order valence-electron chi connectivity index (χ3n) is 3.22. The van der Waals surface area contributed by atoms with E-state index in [9.17, 15) is 0 Å². The molecule has 0 unspecified atom stereocenters. The number of nitrogens with zero attached hydrogens (tertiary/aromatic N) is 2. The van der Waals surface area contributed by atoms with Crippen LogP contribution in [0.25, 0.3) is 0 Å². The normalized spacial score (nSPS) is 16.5. The third-order valence-corrected chi connectivity index (χ3v) is 3.22. The van der Waals surface area contributed by atoms with Gasteiger partial charge in [-0.15, -0.1) is 0 Å². The number of aliphatic imine (C=N–C) groups is 1. The molecule has 1 fully saturated rings. The molecule has 2 rings (SSSR count). The predicted octanol–water partition coefficient (Wildman–Crippen LogP) is 1.91. The van der Waals surface area contributed by atoms with Crippen LogP contribution in [0, 0.1) is 11.3 Å². The van der Waals surface area contributed by atoms with Gasteiger partial charge in [0.15, 0.2) is 5.96 Å². The van der Waals surface area contributed by atoms with Gasteiger partial charge in [-0.2, -0.15) is 5.26 Å². The van der Waals surface area contributed by atoms with Crippen molar-refractivity contribution in [3.8, 4) is 6.07 Å². The monoisotopic (exact) mass is 242 g/mol. The lowest BCUT2D eigenvalue weighted by Crippen LogP contribution is -2.38. The Morgan fingerprint density at radius 2 is 2.00 bits per heavy atom.